The van der Waals surface area contributed by atoms with Crippen LogP contribution in [0.15, 0.2) is 65.6 Å². The summed E-state index contributed by atoms with van der Waals surface area (Å²) in [6.07, 6.45) is 1.31. The lowest BCUT2D eigenvalue weighted by Gasteiger charge is -2.38. The second kappa shape index (κ2) is 12.1. The van der Waals surface area contributed by atoms with Crippen LogP contribution < -0.4 is 15.4 Å². The zero-order valence-electron chi connectivity index (χ0n) is 22.2. The van der Waals surface area contributed by atoms with Crippen LogP contribution in [-0.2, 0) is 14.8 Å². The van der Waals surface area contributed by atoms with E-state index in [1.165, 1.54) is 0 Å². The predicted molar refractivity (Wildman–Crippen MR) is 151 cm³/mol. The lowest BCUT2D eigenvalue weighted by atomic mass is 9.90. The van der Waals surface area contributed by atoms with Gasteiger partial charge in [-0.25, -0.2) is 13.1 Å². The van der Waals surface area contributed by atoms with Gasteiger partial charge in [-0.05, 0) is 49.6 Å². The summed E-state index contributed by atoms with van der Waals surface area (Å²) in [7, 11) is -3.86. The van der Waals surface area contributed by atoms with Crippen LogP contribution in [0.25, 0.3) is 10.8 Å². The quantitative estimate of drug-likeness (QED) is 0.384. The Morgan fingerprint density at radius 3 is 2.39 bits per heavy atom. The molecule has 0 aliphatic carbocycles. The SMILES string of the molecule is CCNCC(=O)N1CCC(NS(=O)(=O)c2ccc(NC(=O)c3ccccc3C)c3ccccc23)C(CC)C1. The normalized spacial score (nSPS) is 17.9. The minimum Gasteiger partial charge on any atom is -0.341 e. The van der Waals surface area contributed by atoms with Gasteiger partial charge in [-0.15, -0.1) is 0 Å². The van der Waals surface area contributed by atoms with Crippen LogP contribution in [0.1, 0.15) is 42.6 Å². The van der Waals surface area contributed by atoms with Crippen LogP contribution in [-0.4, -0.2) is 57.4 Å². The molecule has 0 spiro atoms. The fourth-order valence-corrected chi connectivity index (χ4v) is 6.62. The first-order valence-corrected chi connectivity index (χ1v) is 14.6. The van der Waals surface area contributed by atoms with Crippen LogP contribution in [0.2, 0.25) is 0 Å². The third kappa shape index (κ3) is 6.06. The zero-order valence-corrected chi connectivity index (χ0v) is 23.0. The smallest absolute Gasteiger partial charge is 0.255 e. The minimum absolute atomic E-state index is 0.0167. The second-order valence-corrected chi connectivity index (χ2v) is 11.4. The predicted octanol–water partition coefficient (Wildman–Crippen LogP) is 3.92. The van der Waals surface area contributed by atoms with Crippen LogP contribution >= 0.6 is 0 Å². The van der Waals surface area contributed by atoms with Gasteiger partial charge in [0, 0.05) is 41.2 Å². The van der Waals surface area contributed by atoms with E-state index in [1.807, 2.05) is 56.0 Å². The van der Waals surface area contributed by atoms with Crippen LogP contribution in [0, 0.1) is 12.8 Å². The van der Waals surface area contributed by atoms with Crippen molar-refractivity contribution in [3.05, 3.63) is 71.8 Å². The molecule has 0 aromatic heterocycles. The molecule has 3 aromatic carbocycles. The Hall–Kier alpha value is -3.27. The summed E-state index contributed by atoms with van der Waals surface area (Å²) in [6, 6.07) is 17.4. The standard InChI is InChI=1S/C29H36N4O4S/c1-4-21-19-33(28(34)18-30-5-2)17-16-25(21)32-38(36,37)27-15-14-26(23-12-8-9-13-24(23)27)31-29(35)22-11-7-6-10-20(22)3/h6-15,21,25,30,32H,4-5,16-19H2,1-3H3,(H,31,35). The topological polar surface area (TPSA) is 108 Å². The highest BCUT2D eigenvalue weighted by atomic mass is 32.2. The first kappa shape index (κ1) is 27.8. The summed E-state index contributed by atoms with van der Waals surface area (Å²) in [5.41, 5.74) is 1.97. The molecule has 2 atom stereocenters. The van der Waals surface area contributed by atoms with Gasteiger partial charge in [-0.1, -0.05) is 62.7 Å². The number of fused-ring (bicyclic) bond motifs is 1. The highest BCUT2D eigenvalue weighted by molar-refractivity contribution is 7.89. The maximum atomic E-state index is 13.6. The van der Waals surface area contributed by atoms with Crippen LogP contribution in [0.4, 0.5) is 5.69 Å². The number of amides is 2. The Labute approximate surface area is 224 Å². The number of hydrogen-bond donors (Lipinski definition) is 3. The maximum absolute atomic E-state index is 13.6. The molecular formula is C29H36N4O4S. The summed E-state index contributed by atoms with van der Waals surface area (Å²) in [4.78, 5) is 27.4. The van der Waals surface area contributed by atoms with Crippen molar-refractivity contribution in [1.29, 1.82) is 0 Å². The van der Waals surface area contributed by atoms with Gasteiger partial charge >= 0.3 is 0 Å². The molecule has 4 rings (SSSR count). The summed E-state index contributed by atoms with van der Waals surface area (Å²) in [5.74, 6) is -0.188. The number of carbonyl (C=O) groups is 2. The number of benzene rings is 3. The van der Waals surface area contributed by atoms with Crippen molar-refractivity contribution in [2.75, 3.05) is 31.5 Å². The number of piperidine rings is 1. The van der Waals surface area contributed by atoms with Crippen molar-refractivity contribution in [2.24, 2.45) is 5.92 Å². The molecular weight excluding hydrogens is 500 g/mol. The van der Waals surface area contributed by atoms with Crippen molar-refractivity contribution >= 4 is 38.3 Å². The van der Waals surface area contributed by atoms with Gasteiger partial charge in [0.2, 0.25) is 15.9 Å². The average molecular weight is 537 g/mol. The van der Waals surface area contributed by atoms with Gasteiger partial charge in [-0.2, -0.15) is 0 Å². The van der Waals surface area contributed by atoms with Crippen molar-refractivity contribution in [2.45, 2.75) is 44.6 Å². The number of nitrogens with one attached hydrogen (secondary N) is 3. The van der Waals surface area contributed by atoms with E-state index in [9.17, 15) is 18.0 Å². The second-order valence-electron chi connectivity index (χ2n) is 9.73. The number of anilines is 1. The van der Waals surface area contributed by atoms with E-state index in [0.717, 1.165) is 18.5 Å². The van der Waals surface area contributed by atoms with Gasteiger partial charge in [0.05, 0.1) is 11.4 Å². The third-order valence-electron chi connectivity index (χ3n) is 7.26. The van der Waals surface area contributed by atoms with E-state index >= 15 is 0 Å². The molecule has 8 nitrogen and oxygen atoms in total. The lowest BCUT2D eigenvalue weighted by molar-refractivity contribution is -0.132. The molecule has 1 heterocycles. The average Bonchev–Trinajstić information content (AvgIpc) is 2.92. The van der Waals surface area contributed by atoms with E-state index in [2.05, 4.69) is 15.4 Å². The molecule has 2 unspecified atom stereocenters. The molecule has 3 aromatic rings. The van der Waals surface area contributed by atoms with Gasteiger partial charge in [0.25, 0.3) is 5.91 Å². The maximum Gasteiger partial charge on any atom is 0.255 e. The fraction of sp³-hybridized carbons (Fsp3) is 0.379. The first-order chi connectivity index (χ1) is 18.2. The van der Waals surface area contributed by atoms with Gasteiger partial charge in [-0.3, -0.25) is 9.59 Å². The van der Waals surface area contributed by atoms with Crippen molar-refractivity contribution in [3.8, 4) is 0 Å². The van der Waals surface area contributed by atoms with E-state index in [1.54, 1.807) is 30.3 Å². The Kier molecular flexibility index (Phi) is 8.81. The number of aryl methyl sites for hydroxylation is 1. The van der Waals surface area contributed by atoms with E-state index in [4.69, 9.17) is 0 Å². The fourth-order valence-electron chi connectivity index (χ4n) is 5.07. The summed E-state index contributed by atoms with van der Waals surface area (Å²) in [6.45, 7) is 7.91. The molecule has 1 fully saturated rings. The molecule has 0 bridgehead atoms. The van der Waals surface area contributed by atoms with Crippen molar-refractivity contribution < 1.29 is 18.0 Å². The van der Waals surface area contributed by atoms with E-state index < -0.39 is 10.0 Å². The van der Waals surface area contributed by atoms with Crippen LogP contribution in [0.5, 0.6) is 0 Å². The van der Waals surface area contributed by atoms with E-state index in [-0.39, 0.29) is 28.7 Å². The zero-order chi connectivity index (χ0) is 27.3. The molecule has 2 amide bonds. The molecule has 9 heteroatoms. The van der Waals surface area contributed by atoms with Gasteiger partial charge in [0.1, 0.15) is 0 Å². The first-order valence-electron chi connectivity index (χ1n) is 13.1. The summed E-state index contributed by atoms with van der Waals surface area (Å²) in [5, 5.41) is 7.20. The molecule has 3 N–H and O–H groups in total. The van der Waals surface area contributed by atoms with Gasteiger partial charge < -0.3 is 15.5 Å². The highest BCUT2D eigenvalue weighted by Gasteiger charge is 2.33. The third-order valence-corrected chi connectivity index (χ3v) is 8.80. The molecule has 1 saturated heterocycles. The molecule has 1 aliphatic rings. The number of sulfonamides is 1. The Morgan fingerprint density at radius 2 is 1.68 bits per heavy atom. The molecule has 0 radical (unpaired) electrons. The van der Waals surface area contributed by atoms with Crippen molar-refractivity contribution in [3.63, 3.8) is 0 Å². The van der Waals surface area contributed by atoms with Crippen LogP contribution in [0.3, 0.4) is 0 Å². The summed E-state index contributed by atoms with van der Waals surface area (Å²) >= 11 is 0. The number of nitrogens with zero attached hydrogens (tertiary/aromatic N) is 1. The van der Waals surface area contributed by atoms with Gasteiger partial charge in [0.15, 0.2) is 0 Å². The number of rotatable bonds is 9. The molecule has 38 heavy (non-hydrogen) atoms. The van der Waals surface area contributed by atoms with Crippen molar-refractivity contribution in [1.82, 2.24) is 14.9 Å². The Bertz CT molecular complexity index is 1420. The number of likely N-dealkylation sites (tertiary alicyclic amines) is 1. The Morgan fingerprint density at radius 1 is 0.974 bits per heavy atom. The summed E-state index contributed by atoms with van der Waals surface area (Å²) < 4.78 is 30.2. The number of hydrogen-bond acceptors (Lipinski definition) is 5. The number of carbonyl (C=O) groups excluding carboxylic acids is 2. The minimum atomic E-state index is -3.86. The largest absolute Gasteiger partial charge is 0.341 e. The molecule has 202 valence electrons. The number of likely N-dealkylation sites (N-methyl/N-ethyl adjacent to an activating group) is 1. The monoisotopic (exact) mass is 536 g/mol. The molecule has 1 aliphatic heterocycles. The lowest BCUT2D eigenvalue weighted by Crippen LogP contribution is -2.53. The molecule has 0 saturated carbocycles. The Balaban J connectivity index is 1.56. The highest BCUT2D eigenvalue weighted by Crippen LogP contribution is 2.31. The van der Waals surface area contributed by atoms with E-state index in [0.29, 0.717) is 48.1 Å².